The number of rotatable bonds is 8. The Morgan fingerprint density at radius 2 is 1.71 bits per heavy atom. The van der Waals surface area contributed by atoms with Gasteiger partial charge in [-0.1, -0.05) is 48.5 Å². The summed E-state index contributed by atoms with van der Waals surface area (Å²) in [6, 6.07) is 23.7. The number of ether oxygens (including phenoxy) is 1. The number of sulfonamides is 1. The summed E-state index contributed by atoms with van der Waals surface area (Å²) in [7, 11) is -2.45. The maximum atomic E-state index is 13.3. The van der Waals surface area contributed by atoms with Gasteiger partial charge in [0.05, 0.1) is 23.9 Å². The number of piperazine rings is 1. The Morgan fingerprint density at radius 1 is 0.947 bits per heavy atom. The third kappa shape index (κ3) is 5.64. The van der Waals surface area contributed by atoms with Crippen LogP contribution in [0.5, 0.6) is 5.75 Å². The van der Waals surface area contributed by atoms with Crippen LogP contribution in [0, 0.1) is 0 Å². The van der Waals surface area contributed by atoms with Gasteiger partial charge in [0.2, 0.25) is 0 Å². The number of nitrogens with zero attached hydrogens (tertiary/aromatic N) is 3. The van der Waals surface area contributed by atoms with Gasteiger partial charge in [0.1, 0.15) is 10.6 Å². The lowest BCUT2D eigenvalue weighted by Gasteiger charge is -2.35. The van der Waals surface area contributed by atoms with Gasteiger partial charge in [-0.3, -0.25) is 19.4 Å². The molecule has 4 aromatic rings. The van der Waals surface area contributed by atoms with Gasteiger partial charge < -0.3 is 9.64 Å². The molecule has 38 heavy (non-hydrogen) atoms. The number of hydrogen-bond acceptors (Lipinski definition) is 6. The molecule has 0 bridgehead atoms. The lowest BCUT2D eigenvalue weighted by Crippen LogP contribution is -2.49. The highest BCUT2D eigenvalue weighted by molar-refractivity contribution is 7.93. The Bertz CT molecular complexity index is 1530. The van der Waals surface area contributed by atoms with Crippen LogP contribution in [-0.4, -0.2) is 68.9 Å². The highest BCUT2D eigenvalue weighted by Crippen LogP contribution is 2.28. The minimum Gasteiger partial charge on any atom is -0.496 e. The smallest absolute Gasteiger partial charge is 0.264 e. The van der Waals surface area contributed by atoms with E-state index in [-0.39, 0.29) is 10.8 Å². The Labute approximate surface area is 222 Å². The number of benzene rings is 3. The maximum Gasteiger partial charge on any atom is 0.264 e. The van der Waals surface area contributed by atoms with Crippen molar-refractivity contribution in [2.75, 3.05) is 44.6 Å². The average molecular weight is 531 g/mol. The van der Waals surface area contributed by atoms with Crippen molar-refractivity contribution in [2.24, 2.45) is 0 Å². The van der Waals surface area contributed by atoms with Gasteiger partial charge in [-0.15, -0.1) is 0 Å². The van der Waals surface area contributed by atoms with Gasteiger partial charge in [0.25, 0.3) is 15.9 Å². The third-order valence-electron chi connectivity index (χ3n) is 6.79. The van der Waals surface area contributed by atoms with Crippen molar-refractivity contribution in [3.63, 3.8) is 0 Å². The predicted octanol–water partition coefficient (Wildman–Crippen LogP) is 4.04. The lowest BCUT2D eigenvalue weighted by molar-refractivity contribution is 0.0635. The van der Waals surface area contributed by atoms with Gasteiger partial charge in [-0.2, -0.15) is 0 Å². The van der Waals surface area contributed by atoms with E-state index >= 15 is 0 Å². The van der Waals surface area contributed by atoms with Gasteiger partial charge in [0.15, 0.2) is 0 Å². The first kappa shape index (κ1) is 25.7. The fourth-order valence-corrected chi connectivity index (χ4v) is 5.94. The molecule has 0 saturated carbocycles. The van der Waals surface area contributed by atoms with Gasteiger partial charge in [-0.25, -0.2) is 8.42 Å². The number of carbonyl (C=O) groups excluding carboxylic acids is 1. The van der Waals surface area contributed by atoms with Crippen LogP contribution in [0.4, 0.5) is 5.69 Å². The fraction of sp³-hybridized carbons (Fsp3) is 0.241. The van der Waals surface area contributed by atoms with Crippen LogP contribution in [0.15, 0.2) is 90.0 Å². The van der Waals surface area contributed by atoms with E-state index in [2.05, 4.69) is 38.9 Å². The molecule has 1 aromatic heterocycles. The monoisotopic (exact) mass is 530 g/mol. The molecule has 0 spiro atoms. The first-order valence-corrected chi connectivity index (χ1v) is 14.0. The number of aromatic nitrogens is 1. The van der Waals surface area contributed by atoms with E-state index in [0.717, 1.165) is 31.4 Å². The van der Waals surface area contributed by atoms with Crippen molar-refractivity contribution in [3.8, 4) is 5.75 Å². The summed E-state index contributed by atoms with van der Waals surface area (Å²) in [6.07, 6.45) is 2.54. The Hall–Kier alpha value is -3.95. The van der Waals surface area contributed by atoms with Crippen LogP contribution < -0.4 is 9.46 Å². The third-order valence-corrected chi connectivity index (χ3v) is 8.20. The summed E-state index contributed by atoms with van der Waals surface area (Å²) in [5.41, 5.74) is 2.41. The second-order valence-electron chi connectivity index (χ2n) is 9.22. The molecule has 0 unspecified atom stereocenters. The molecular weight excluding hydrogens is 500 g/mol. The van der Waals surface area contributed by atoms with Crippen molar-refractivity contribution in [3.05, 3.63) is 96.2 Å². The largest absolute Gasteiger partial charge is 0.496 e. The molecule has 1 aliphatic rings. The molecule has 1 amide bonds. The summed E-state index contributed by atoms with van der Waals surface area (Å²) in [5.74, 6) is 0.190. The second kappa shape index (κ2) is 11.2. The Kier molecular flexibility index (Phi) is 7.57. The number of amides is 1. The number of methoxy groups -OCH3 is 1. The zero-order chi connectivity index (χ0) is 26.5. The highest BCUT2D eigenvalue weighted by Gasteiger charge is 2.25. The van der Waals surface area contributed by atoms with E-state index < -0.39 is 10.0 Å². The number of nitrogens with one attached hydrogen (secondary N) is 1. The van der Waals surface area contributed by atoms with E-state index in [1.54, 1.807) is 36.5 Å². The second-order valence-corrected chi connectivity index (χ2v) is 10.9. The molecule has 1 fully saturated rings. The van der Waals surface area contributed by atoms with Crippen LogP contribution in [0.25, 0.3) is 10.9 Å². The normalized spacial score (nSPS) is 14.4. The van der Waals surface area contributed by atoms with E-state index in [1.165, 1.54) is 18.7 Å². The molecule has 0 atom stereocenters. The molecule has 3 aromatic carbocycles. The Balaban J connectivity index is 1.25. The van der Waals surface area contributed by atoms with Crippen molar-refractivity contribution >= 4 is 32.5 Å². The quantitative estimate of drug-likeness (QED) is 0.370. The topological polar surface area (TPSA) is 91.8 Å². The molecular formula is C29H30N4O4S. The summed E-state index contributed by atoms with van der Waals surface area (Å²) >= 11 is 0. The van der Waals surface area contributed by atoms with Crippen molar-refractivity contribution in [1.82, 2.24) is 14.8 Å². The van der Waals surface area contributed by atoms with Crippen LogP contribution in [0.1, 0.15) is 15.9 Å². The van der Waals surface area contributed by atoms with Crippen molar-refractivity contribution in [2.45, 2.75) is 11.3 Å². The molecule has 1 N–H and O–H groups in total. The summed E-state index contributed by atoms with van der Waals surface area (Å²) < 4.78 is 34.5. The van der Waals surface area contributed by atoms with Gasteiger partial charge >= 0.3 is 0 Å². The van der Waals surface area contributed by atoms with E-state index in [9.17, 15) is 13.2 Å². The zero-order valence-electron chi connectivity index (χ0n) is 21.2. The summed E-state index contributed by atoms with van der Waals surface area (Å²) in [5, 5.41) is 0.731. The number of fused-ring (bicyclic) bond motifs is 1. The number of hydrogen-bond donors (Lipinski definition) is 1. The van der Waals surface area contributed by atoms with E-state index in [4.69, 9.17) is 4.74 Å². The van der Waals surface area contributed by atoms with Gasteiger partial charge in [-0.05, 0) is 36.2 Å². The molecule has 0 aliphatic carbocycles. The summed E-state index contributed by atoms with van der Waals surface area (Å²) in [6.45, 7) is 3.81. The predicted molar refractivity (Wildman–Crippen MR) is 148 cm³/mol. The van der Waals surface area contributed by atoms with Gasteiger partial charge in [0, 0.05) is 50.4 Å². The molecule has 1 aliphatic heterocycles. The van der Waals surface area contributed by atoms with E-state index in [1.807, 2.05) is 23.1 Å². The highest BCUT2D eigenvalue weighted by atomic mass is 32.2. The molecule has 0 radical (unpaired) electrons. The maximum absolute atomic E-state index is 13.3. The van der Waals surface area contributed by atoms with Crippen molar-refractivity contribution in [1.29, 1.82) is 0 Å². The SMILES string of the molecule is COc1cc(NS(=O)(=O)c2cccc3cccnc23)ccc1C(=O)N1CCN(CCc2ccccc2)CC1. The summed E-state index contributed by atoms with van der Waals surface area (Å²) in [4.78, 5) is 21.8. The molecule has 9 heteroatoms. The average Bonchev–Trinajstić information content (AvgIpc) is 2.96. The molecule has 8 nitrogen and oxygen atoms in total. The number of anilines is 1. The molecule has 1 saturated heterocycles. The Morgan fingerprint density at radius 3 is 2.47 bits per heavy atom. The molecule has 5 rings (SSSR count). The van der Waals surface area contributed by atoms with Crippen LogP contribution in [-0.2, 0) is 16.4 Å². The first-order chi connectivity index (χ1) is 18.4. The number of carbonyl (C=O) groups is 1. The minimum atomic E-state index is -3.92. The fourth-order valence-electron chi connectivity index (χ4n) is 4.71. The van der Waals surface area contributed by atoms with Crippen LogP contribution in [0.3, 0.4) is 0 Å². The molecule has 2 heterocycles. The first-order valence-electron chi connectivity index (χ1n) is 12.5. The molecule has 196 valence electrons. The van der Waals surface area contributed by atoms with Crippen LogP contribution >= 0.6 is 0 Å². The standard InChI is InChI=1S/C29H30N4O4S/c1-37-26-21-24(31-38(35,36)27-11-5-9-23-10-6-15-30-28(23)27)12-13-25(26)29(34)33-19-17-32(18-20-33)16-14-22-7-3-2-4-8-22/h2-13,15,21,31H,14,16-20H2,1H3. The zero-order valence-corrected chi connectivity index (χ0v) is 22.0. The van der Waals surface area contributed by atoms with E-state index in [0.29, 0.717) is 35.6 Å². The lowest BCUT2D eigenvalue weighted by atomic mass is 10.1. The van der Waals surface area contributed by atoms with Crippen LogP contribution in [0.2, 0.25) is 0 Å². The minimum absolute atomic E-state index is 0.0832. The number of pyridine rings is 1. The number of para-hydroxylation sites is 1. The van der Waals surface area contributed by atoms with Crippen molar-refractivity contribution < 1.29 is 17.9 Å².